The van der Waals surface area contributed by atoms with Crippen LogP contribution in [-0.4, -0.2) is 82.4 Å². The zero-order valence-electron chi connectivity index (χ0n) is 35.1. The number of hydrogen-bond acceptors (Lipinski definition) is 14. The molecule has 3 aromatic carbocycles. The molecule has 5 heterocycles. The zero-order valence-corrected chi connectivity index (χ0v) is 36.6. The summed E-state index contributed by atoms with van der Waals surface area (Å²) in [5.74, 6) is -1.84. The molecule has 25 heteroatoms. The van der Waals surface area contributed by atoms with Crippen LogP contribution in [0.4, 0.5) is 63.7 Å². The standard InChI is InChI=1S/C43H32Cl2F6N8O9/c1-3-63-37-33(52-27-21-31(44)67-35(27)54-37)58(39(60)57-16-14-56(15-17-57)25-19-23(42(46,47)48)18-24(20-25)43(49,50)51)29-12-8-9-13-30(29)66-41(62)59(40(61)65-26-10-6-5-7-11-26)34-38(64-4-2)55-36-28(53-34)22-32(45)68-36/h5-13,18-22H,3-4,14-17H2,1-2H3. The average molecular weight is 990 g/mol. The number of aromatic nitrogens is 4. The first-order valence-electron chi connectivity index (χ1n) is 20.1. The van der Waals surface area contributed by atoms with Crippen LogP contribution in [0, 0.1) is 0 Å². The molecule has 0 unspecified atom stereocenters. The van der Waals surface area contributed by atoms with Gasteiger partial charge < -0.3 is 37.6 Å². The molecule has 4 aromatic heterocycles. The summed E-state index contributed by atoms with van der Waals surface area (Å²) in [6.07, 6.45) is -13.0. The van der Waals surface area contributed by atoms with Crippen LogP contribution in [0.1, 0.15) is 25.0 Å². The third-order valence-electron chi connectivity index (χ3n) is 9.85. The molecule has 0 spiro atoms. The van der Waals surface area contributed by atoms with Gasteiger partial charge in [-0.2, -0.15) is 41.2 Å². The molecular weight excluding hydrogens is 957 g/mol. The van der Waals surface area contributed by atoms with E-state index in [4.69, 9.17) is 51.0 Å². The fourth-order valence-corrected chi connectivity index (χ4v) is 7.20. The monoisotopic (exact) mass is 988 g/mol. The minimum Gasteiger partial charge on any atom is -0.475 e. The van der Waals surface area contributed by atoms with E-state index in [0.29, 0.717) is 17.0 Å². The van der Waals surface area contributed by atoms with Crippen LogP contribution in [0.25, 0.3) is 22.5 Å². The van der Waals surface area contributed by atoms with Crippen molar-refractivity contribution in [3.63, 3.8) is 0 Å². The molecule has 7 aromatic rings. The van der Waals surface area contributed by atoms with Gasteiger partial charge in [-0.3, -0.25) is 0 Å². The van der Waals surface area contributed by atoms with Gasteiger partial charge in [-0.1, -0.05) is 30.3 Å². The lowest BCUT2D eigenvalue weighted by Gasteiger charge is -2.38. The highest BCUT2D eigenvalue weighted by molar-refractivity contribution is 6.30. The SMILES string of the molecule is CCOc1nc2oc(Cl)cc2nc1N(C(=O)Oc1ccccc1)C(=O)Oc1ccccc1N(C(=O)N1CCN(c2cc(C(F)(F)F)cc(C(F)(F)F)c2)CC1)c1nc2cc(Cl)oc2nc1OCC. The lowest BCUT2D eigenvalue weighted by Crippen LogP contribution is -2.52. The van der Waals surface area contributed by atoms with Crippen molar-refractivity contribution in [2.75, 3.05) is 54.1 Å². The van der Waals surface area contributed by atoms with Crippen LogP contribution in [-0.2, 0) is 12.4 Å². The quantitative estimate of drug-likeness (QED) is 0.118. The summed E-state index contributed by atoms with van der Waals surface area (Å²) in [5.41, 5.74) is -3.74. The number of rotatable bonds is 10. The van der Waals surface area contributed by atoms with E-state index in [2.05, 4.69) is 19.9 Å². The highest BCUT2D eigenvalue weighted by atomic mass is 35.5. The van der Waals surface area contributed by atoms with Gasteiger partial charge in [0, 0.05) is 44.0 Å². The fraction of sp³-hybridized carbons (Fsp3) is 0.233. The van der Waals surface area contributed by atoms with Gasteiger partial charge in [-0.15, -0.1) is 0 Å². The van der Waals surface area contributed by atoms with Gasteiger partial charge in [0.25, 0.3) is 11.8 Å². The number of ether oxygens (including phenoxy) is 4. The Morgan fingerprint density at radius 3 is 1.74 bits per heavy atom. The van der Waals surface area contributed by atoms with Gasteiger partial charge in [-0.25, -0.2) is 29.3 Å². The highest BCUT2D eigenvalue weighted by Crippen LogP contribution is 2.42. The van der Waals surface area contributed by atoms with E-state index in [9.17, 15) is 35.9 Å². The first kappa shape index (κ1) is 47.0. The summed E-state index contributed by atoms with van der Waals surface area (Å²) < 4.78 is 117. The average Bonchev–Trinajstić information content (AvgIpc) is 3.85. The number of fused-ring (bicyclic) bond motifs is 2. The van der Waals surface area contributed by atoms with Crippen LogP contribution in [0.2, 0.25) is 10.4 Å². The minimum absolute atomic E-state index is 0.00153. The number of carbonyl (C=O) groups excluding carboxylic acids is 3. The van der Waals surface area contributed by atoms with Crippen LogP contribution >= 0.6 is 23.2 Å². The summed E-state index contributed by atoms with van der Waals surface area (Å²) in [6.45, 7) is 2.17. The number of para-hydroxylation sites is 3. The summed E-state index contributed by atoms with van der Waals surface area (Å²) in [6, 6.07) is 16.1. The zero-order chi connectivity index (χ0) is 48.5. The van der Waals surface area contributed by atoms with Gasteiger partial charge in [-0.05, 0) is 79.5 Å². The molecule has 1 saturated heterocycles. The van der Waals surface area contributed by atoms with Gasteiger partial charge in [0.2, 0.25) is 23.1 Å². The Balaban J connectivity index is 1.19. The molecule has 1 fully saturated rings. The fourth-order valence-electron chi connectivity index (χ4n) is 6.85. The molecule has 0 atom stereocenters. The van der Waals surface area contributed by atoms with Crippen molar-refractivity contribution < 1.29 is 68.5 Å². The largest absolute Gasteiger partial charge is 0.475 e. The maximum absolute atomic E-state index is 15.0. The predicted molar refractivity (Wildman–Crippen MR) is 231 cm³/mol. The van der Waals surface area contributed by atoms with Crippen molar-refractivity contribution in [2.24, 2.45) is 0 Å². The second-order valence-electron chi connectivity index (χ2n) is 14.3. The third-order valence-corrected chi connectivity index (χ3v) is 10.2. The molecule has 0 N–H and O–H groups in total. The van der Waals surface area contributed by atoms with Crippen LogP contribution in [0.15, 0.2) is 93.8 Å². The Hall–Kier alpha value is -7.53. The Morgan fingerprint density at radius 2 is 1.18 bits per heavy atom. The predicted octanol–water partition coefficient (Wildman–Crippen LogP) is 11.2. The molecule has 0 bridgehead atoms. The van der Waals surface area contributed by atoms with Crippen molar-refractivity contribution in [3.05, 3.63) is 106 Å². The Bertz CT molecular complexity index is 2990. The molecule has 0 saturated carbocycles. The molecule has 17 nitrogen and oxygen atoms in total. The van der Waals surface area contributed by atoms with Gasteiger partial charge in [0.05, 0.1) is 30.0 Å². The number of urea groups is 1. The number of piperazine rings is 1. The Labute approximate surface area is 389 Å². The second-order valence-corrected chi connectivity index (χ2v) is 15.0. The molecule has 68 heavy (non-hydrogen) atoms. The molecule has 0 aliphatic carbocycles. The summed E-state index contributed by atoms with van der Waals surface area (Å²) in [7, 11) is 0. The van der Waals surface area contributed by atoms with Crippen molar-refractivity contribution in [1.82, 2.24) is 24.8 Å². The van der Waals surface area contributed by atoms with E-state index in [1.54, 1.807) is 32.0 Å². The number of alkyl halides is 6. The number of halogens is 8. The maximum atomic E-state index is 15.0. The summed E-state index contributed by atoms with van der Waals surface area (Å²) in [4.78, 5) is 65.2. The lowest BCUT2D eigenvalue weighted by molar-refractivity contribution is -0.143. The number of carbonyl (C=O) groups is 3. The van der Waals surface area contributed by atoms with Crippen LogP contribution in [0.5, 0.6) is 23.3 Å². The smallest absolute Gasteiger partial charge is 0.431 e. The number of amides is 4. The topological polar surface area (TPSA) is 179 Å². The number of nitrogens with zero attached hydrogens (tertiary/aromatic N) is 8. The Kier molecular flexibility index (Phi) is 13.1. The number of benzene rings is 3. The number of anilines is 4. The van der Waals surface area contributed by atoms with Crippen LogP contribution < -0.4 is 33.6 Å². The van der Waals surface area contributed by atoms with E-state index < -0.39 is 53.3 Å². The lowest BCUT2D eigenvalue weighted by atomic mass is 10.1. The van der Waals surface area contributed by atoms with E-state index >= 15 is 4.79 Å². The van der Waals surface area contributed by atoms with E-state index in [1.165, 1.54) is 58.3 Å². The minimum atomic E-state index is -5.09. The van der Waals surface area contributed by atoms with Gasteiger partial charge >= 0.3 is 30.6 Å². The van der Waals surface area contributed by atoms with Crippen molar-refractivity contribution >= 4 is 86.9 Å². The molecule has 354 valence electrons. The molecule has 0 radical (unpaired) electrons. The summed E-state index contributed by atoms with van der Waals surface area (Å²) >= 11 is 12.2. The first-order valence-corrected chi connectivity index (χ1v) is 20.9. The van der Waals surface area contributed by atoms with Crippen molar-refractivity contribution in [3.8, 4) is 23.3 Å². The maximum Gasteiger partial charge on any atom is 0.431 e. The van der Waals surface area contributed by atoms with Gasteiger partial charge in [0.1, 0.15) is 16.8 Å². The van der Waals surface area contributed by atoms with Crippen molar-refractivity contribution in [1.29, 1.82) is 0 Å². The molecule has 4 amide bonds. The molecule has 8 rings (SSSR count). The van der Waals surface area contributed by atoms with E-state index in [1.807, 2.05) is 0 Å². The van der Waals surface area contributed by atoms with Crippen LogP contribution in [0.3, 0.4) is 0 Å². The van der Waals surface area contributed by atoms with E-state index in [-0.39, 0.29) is 113 Å². The van der Waals surface area contributed by atoms with Gasteiger partial charge in [0.15, 0.2) is 16.2 Å². The normalized spacial score (nSPS) is 13.1. The second kappa shape index (κ2) is 19.0. The number of hydrogen-bond donors (Lipinski definition) is 0. The van der Waals surface area contributed by atoms with E-state index in [0.717, 1.165) is 4.90 Å². The highest BCUT2D eigenvalue weighted by Gasteiger charge is 2.40. The first-order chi connectivity index (χ1) is 32.4. The molecule has 1 aliphatic heterocycles. The molecule has 1 aliphatic rings. The number of imide groups is 1. The number of furan rings is 2. The Morgan fingerprint density at radius 1 is 0.662 bits per heavy atom. The summed E-state index contributed by atoms with van der Waals surface area (Å²) in [5, 5.41) is -0.253. The molecular formula is C43H32Cl2F6N8O9. The third kappa shape index (κ3) is 9.93. The van der Waals surface area contributed by atoms with Crippen molar-refractivity contribution in [2.45, 2.75) is 26.2 Å².